The predicted octanol–water partition coefficient (Wildman–Crippen LogP) is 3.00. The minimum absolute atomic E-state index is 0.0796. The first kappa shape index (κ1) is 17.7. The fraction of sp³-hybridized carbons (Fsp3) is 0.250. The summed E-state index contributed by atoms with van der Waals surface area (Å²) in [4.78, 5) is 39.6. The van der Waals surface area contributed by atoms with Gasteiger partial charge >= 0.3 is 6.09 Å². The van der Waals surface area contributed by atoms with E-state index in [1.54, 1.807) is 0 Å². The number of carbonyl (C=O) groups is 3. The number of rotatable bonds is 6. The minimum atomic E-state index is -0.798. The van der Waals surface area contributed by atoms with Crippen LogP contribution in [0, 0.1) is 0 Å². The lowest BCUT2D eigenvalue weighted by atomic mass is 9.88. The third kappa shape index (κ3) is 4.27. The Balaban J connectivity index is 1.59. The normalized spacial score (nSPS) is 14.0. The second-order valence-electron chi connectivity index (χ2n) is 6.05. The standard InChI is InChI=1S/C20H20N2O4/c23-18-11-12-19(24)22(18)26-20(25)21-14-13-17(15-7-3-1-4-8-15)16-9-5-2-6-10-16/h1-10,17H,11-14H2,(H,21,25). The highest BCUT2D eigenvalue weighted by Gasteiger charge is 2.32. The van der Waals surface area contributed by atoms with E-state index >= 15 is 0 Å². The van der Waals surface area contributed by atoms with E-state index in [1.165, 1.54) is 0 Å². The molecular weight excluding hydrogens is 332 g/mol. The Labute approximate surface area is 151 Å². The monoisotopic (exact) mass is 352 g/mol. The minimum Gasteiger partial charge on any atom is -0.320 e. The highest BCUT2D eigenvalue weighted by molar-refractivity contribution is 6.01. The van der Waals surface area contributed by atoms with Gasteiger partial charge in [-0.1, -0.05) is 60.7 Å². The molecule has 0 saturated carbocycles. The molecule has 0 radical (unpaired) electrons. The maximum atomic E-state index is 11.9. The zero-order valence-electron chi connectivity index (χ0n) is 14.3. The lowest BCUT2D eigenvalue weighted by molar-refractivity contribution is -0.171. The molecule has 3 amide bonds. The molecule has 0 unspecified atom stereocenters. The Morgan fingerprint density at radius 2 is 1.42 bits per heavy atom. The van der Waals surface area contributed by atoms with Crippen molar-refractivity contribution in [3.63, 3.8) is 0 Å². The molecule has 6 nitrogen and oxygen atoms in total. The maximum Gasteiger partial charge on any atom is 0.432 e. The maximum absolute atomic E-state index is 11.9. The van der Waals surface area contributed by atoms with E-state index in [2.05, 4.69) is 29.6 Å². The molecule has 0 aliphatic carbocycles. The van der Waals surface area contributed by atoms with Crippen molar-refractivity contribution in [1.82, 2.24) is 10.4 Å². The van der Waals surface area contributed by atoms with Crippen molar-refractivity contribution in [1.29, 1.82) is 0 Å². The summed E-state index contributed by atoms with van der Waals surface area (Å²) >= 11 is 0. The van der Waals surface area contributed by atoms with Crippen LogP contribution in [0.4, 0.5) is 4.79 Å². The van der Waals surface area contributed by atoms with Gasteiger partial charge in [0.2, 0.25) is 0 Å². The highest BCUT2D eigenvalue weighted by Crippen LogP contribution is 2.27. The van der Waals surface area contributed by atoms with Crippen LogP contribution in [-0.4, -0.2) is 29.5 Å². The predicted molar refractivity (Wildman–Crippen MR) is 94.9 cm³/mol. The molecule has 0 bridgehead atoms. The van der Waals surface area contributed by atoms with Gasteiger partial charge in [0.25, 0.3) is 11.8 Å². The quantitative estimate of drug-likeness (QED) is 0.811. The number of imide groups is 1. The van der Waals surface area contributed by atoms with Gasteiger partial charge in [-0.05, 0) is 17.5 Å². The molecule has 1 saturated heterocycles. The van der Waals surface area contributed by atoms with Crippen LogP contribution in [0.2, 0.25) is 0 Å². The molecule has 1 N–H and O–H groups in total. The number of hydrogen-bond acceptors (Lipinski definition) is 4. The Morgan fingerprint density at radius 3 is 1.92 bits per heavy atom. The number of carbonyl (C=O) groups excluding carboxylic acids is 3. The number of benzene rings is 2. The van der Waals surface area contributed by atoms with Crippen LogP contribution in [-0.2, 0) is 14.4 Å². The number of amides is 3. The van der Waals surface area contributed by atoms with E-state index in [9.17, 15) is 14.4 Å². The molecule has 1 heterocycles. The van der Waals surface area contributed by atoms with Crippen molar-refractivity contribution < 1.29 is 19.2 Å². The average molecular weight is 352 g/mol. The van der Waals surface area contributed by atoms with Gasteiger partial charge in [-0.3, -0.25) is 9.59 Å². The Hall–Kier alpha value is -3.15. The fourth-order valence-electron chi connectivity index (χ4n) is 2.99. The van der Waals surface area contributed by atoms with Crippen molar-refractivity contribution in [2.45, 2.75) is 25.2 Å². The number of hydroxylamine groups is 2. The first-order chi connectivity index (χ1) is 12.6. The van der Waals surface area contributed by atoms with E-state index < -0.39 is 17.9 Å². The van der Waals surface area contributed by atoms with E-state index in [4.69, 9.17) is 4.84 Å². The SMILES string of the molecule is O=C(NCCC(c1ccccc1)c1ccccc1)ON1C(=O)CCC1=O. The van der Waals surface area contributed by atoms with Crippen LogP contribution >= 0.6 is 0 Å². The van der Waals surface area contributed by atoms with Crippen molar-refractivity contribution >= 4 is 17.9 Å². The van der Waals surface area contributed by atoms with Gasteiger partial charge in [-0.15, -0.1) is 5.06 Å². The van der Waals surface area contributed by atoms with Gasteiger partial charge < -0.3 is 10.2 Å². The van der Waals surface area contributed by atoms with Gasteiger partial charge in [0.05, 0.1) is 0 Å². The lowest BCUT2D eigenvalue weighted by Crippen LogP contribution is -2.37. The fourth-order valence-corrected chi connectivity index (χ4v) is 2.99. The molecule has 1 fully saturated rings. The summed E-state index contributed by atoms with van der Waals surface area (Å²) < 4.78 is 0. The van der Waals surface area contributed by atoms with Crippen LogP contribution in [0.5, 0.6) is 0 Å². The number of nitrogens with zero attached hydrogens (tertiary/aromatic N) is 1. The molecule has 0 atom stereocenters. The molecule has 3 rings (SSSR count). The smallest absolute Gasteiger partial charge is 0.320 e. The molecule has 2 aromatic rings. The van der Waals surface area contributed by atoms with E-state index in [-0.39, 0.29) is 18.8 Å². The topological polar surface area (TPSA) is 75.7 Å². The average Bonchev–Trinajstić information content (AvgIpc) is 2.98. The summed E-state index contributed by atoms with van der Waals surface area (Å²) in [5, 5.41) is 3.16. The zero-order chi connectivity index (χ0) is 18.4. The van der Waals surface area contributed by atoms with Crippen LogP contribution in [0.3, 0.4) is 0 Å². The van der Waals surface area contributed by atoms with Crippen molar-refractivity contribution in [2.24, 2.45) is 0 Å². The van der Waals surface area contributed by atoms with E-state index in [0.29, 0.717) is 18.0 Å². The zero-order valence-corrected chi connectivity index (χ0v) is 14.3. The Bertz CT molecular complexity index is 721. The van der Waals surface area contributed by atoms with Gasteiger partial charge in [0.15, 0.2) is 0 Å². The molecule has 26 heavy (non-hydrogen) atoms. The first-order valence-electron chi connectivity index (χ1n) is 8.56. The molecular formula is C20H20N2O4. The number of nitrogens with one attached hydrogen (secondary N) is 1. The summed E-state index contributed by atoms with van der Waals surface area (Å²) in [6.45, 7) is 0.351. The summed E-state index contributed by atoms with van der Waals surface area (Å²) in [6, 6.07) is 20.1. The third-order valence-electron chi connectivity index (χ3n) is 4.29. The Kier molecular flexibility index (Phi) is 5.63. The van der Waals surface area contributed by atoms with Crippen LogP contribution in [0.1, 0.15) is 36.3 Å². The second kappa shape index (κ2) is 8.29. The first-order valence-corrected chi connectivity index (χ1v) is 8.56. The lowest BCUT2D eigenvalue weighted by Gasteiger charge is -2.19. The van der Waals surface area contributed by atoms with Gasteiger partial charge in [0, 0.05) is 25.3 Å². The molecule has 1 aliphatic rings. The molecule has 0 aromatic heterocycles. The van der Waals surface area contributed by atoms with Crippen molar-refractivity contribution in [2.75, 3.05) is 6.54 Å². The van der Waals surface area contributed by atoms with Gasteiger partial charge in [-0.2, -0.15) is 0 Å². The largest absolute Gasteiger partial charge is 0.432 e. The summed E-state index contributed by atoms with van der Waals surface area (Å²) in [6.07, 6.45) is 0.0192. The van der Waals surface area contributed by atoms with Crippen molar-refractivity contribution in [3.8, 4) is 0 Å². The third-order valence-corrected chi connectivity index (χ3v) is 4.29. The summed E-state index contributed by atoms with van der Waals surface area (Å²) in [5.41, 5.74) is 2.30. The van der Waals surface area contributed by atoms with E-state index in [0.717, 1.165) is 11.1 Å². The van der Waals surface area contributed by atoms with Crippen LogP contribution in [0.15, 0.2) is 60.7 Å². The van der Waals surface area contributed by atoms with Gasteiger partial charge in [0.1, 0.15) is 0 Å². The molecule has 134 valence electrons. The van der Waals surface area contributed by atoms with Gasteiger partial charge in [-0.25, -0.2) is 4.79 Å². The molecule has 1 aliphatic heterocycles. The van der Waals surface area contributed by atoms with Crippen molar-refractivity contribution in [3.05, 3.63) is 71.8 Å². The van der Waals surface area contributed by atoms with Crippen LogP contribution < -0.4 is 5.32 Å². The second-order valence-corrected chi connectivity index (χ2v) is 6.05. The van der Waals surface area contributed by atoms with E-state index in [1.807, 2.05) is 36.4 Å². The number of hydrogen-bond donors (Lipinski definition) is 1. The van der Waals surface area contributed by atoms with Crippen LogP contribution in [0.25, 0.3) is 0 Å². The Morgan fingerprint density at radius 1 is 0.923 bits per heavy atom. The molecule has 2 aromatic carbocycles. The summed E-state index contributed by atoms with van der Waals surface area (Å²) in [7, 11) is 0. The summed E-state index contributed by atoms with van der Waals surface area (Å²) in [5.74, 6) is -0.860. The molecule has 6 heteroatoms. The highest BCUT2D eigenvalue weighted by atomic mass is 16.7. The molecule has 0 spiro atoms.